The maximum atomic E-state index is 14.4. The summed E-state index contributed by atoms with van der Waals surface area (Å²) in [6, 6.07) is 4.65. The Morgan fingerprint density at radius 1 is 0.976 bits per heavy atom. The number of nitrogens with zero attached hydrogens (tertiary/aromatic N) is 1. The van der Waals surface area contributed by atoms with E-state index in [9.17, 15) is 29.1 Å². The van der Waals surface area contributed by atoms with Crippen LogP contribution in [0.4, 0.5) is 4.39 Å². The highest BCUT2D eigenvalue weighted by atomic mass is 19.1. The molecule has 6 aliphatic carbocycles. The number of carboxylic acids is 1. The molecule has 6 aliphatic rings. The number of carbonyl (C=O) groups excluding carboxylic acids is 2. The van der Waals surface area contributed by atoms with Crippen molar-refractivity contribution < 1.29 is 33.4 Å². The molecule has 9 nitrogen and oxygen atoms in total. The lowest BCUT2D eigenvalue weighted by Gasteiger charge is -2.49. The lowest BCUT2D eigenvalue weighted by molar-refractivity contribution is -0.150. The Hall–Kier alpha value is -3.35. The van der Waals surface area contributed by atoms with Crippen LogP contribution in [0.5, 0.6) is 11.5 Å². The third-order valence-corrected chi connectivity index (χ3v) is 11.1. The summed E-state index contributed by atoms with van der Waals surface area (Å²) in [6.07, 6.45) is 5.64. The second-order valence-corrected chi connectivity index (χ2v) is 13.6. The van der Waals surface area contributed by atoms with E-state index in [1.165, 1.54) is 19.2 Å². The highest BCUT2D eigenvalue weighted by molar-refractivity contribution is 5.98. The number of alkyl halides is 1. The van der Waals surface area contributed by atoms with Gasteiger partial charge in [-0.1, -0.05) is 0 Å². The number of methoxy groups -OCH3 is 1. The largest absolute Gasteiger partial charge is 0.496 e. The molecular formula is C32H40FN3O6. The predicted molar refractivity (Wildman–Crippen MR) is 150 cm³/mol. The Balaban J connectivity index is 1.17. The van der Waals surface area contributed by atoms with Crippen LogP contribution in [-0.4, -0.2) is 54.4 Å². The Kier molecular flexibility index (Phi) is 7.57. The monoisotopic (exact) mass is 581 g/mol. The Morgan fingerprint density at radius 3 is 2.31 bits per heavy atom. The van der Waals surface area contributed by atoms with Gasteiger partial charge in [-0.05, 0) is 101 Å². The molecule has 0 aliphatic heterocycles. The number of hydrogen-bond acceptors (Lipinski definition) is 6. The van der Waals surface area contributed by atoms with Gasteiger partial charge in [0.15, 0.2) is 0 Å². The molecule has 6 saturated carbocycles. The van der Waals surface area contributed by atoms with Crippen LogP contribution in [0, 0.1) is 46.3 Å². The minimum absolute atomic E-state index is 0.0866. The molecule has 42 heavy (non-hydrogen) atoms. The van der Waals surface area contributed by atoms with Gasteiger partial charge < -0.3 is 25.2 Å². The van der Waals surface area contributed by atoms with E-state index in [-0.39, 0.29) is 70.4 Å². The van der Waals surface area contributed by atoms with Crippen molar-refractivity contribution in [1.29, 1.82) is 5.26 Å². The SMILES string of the molecule is COc1cc(C#N)c(OC2CCC(C)(C(=O)O)CC2)cc1C(=O)N[C@@H]1[C@H]2CC[C@H](C2)[C@@H]1C(=O)NC1CC(F)C2CC1C2. The number of fused-ring (bicyclic) bond motifs is 4. The summed E-state index contributed by atoms with van der Waals surface area (Å²) < 4.78 is 26.0. The summed E-state index contributed by atoms with van der Waals surface area (Å²) in [7, 11) is 1.43. The van der Waals surface area contributed by atoms with E-state index >= 15 is 0 Å². The molecule has 6 atom stereocenters. The summed E-state index contributed by atoms with van der Waals surface area (Å²) in [5.74, 6) is -0.315. The average molecular weight is 582 g/mol. The molecule has 7 rings (SSSR count). The lowest BCUT2D eigenvalue weighted by Crippen LogP contribution is -2.57. The van der Waals surface area contributed by atoms with Gasteiger partial charge in [-0.3, -0.25) is 14.4 Å². The number of ether oxygens (including phenoxy) is 2. The summed E-state index contributed by atoms with van der Waals surface area (Å²) in [4.78, 5) is 38.9. The molecule has 226 valence electrons. The van der Waals surface area contributed by atoms with Crippen LogP contribution in [0.25, 0.3) is 0 Å². The molecule has 0 spiro atoms. The molecule has 6 fully saturated rings. The first-order valence-electron chi connectivity index (χ1n) is 15.4. The fraction of sp³-hybridized carbons (Fsp3) is 0.688. The van der Waals surface area contributed by atoms with Crippen LogP contribution < -0.4 is 20.1 Å². The van der Waals surface area contributed by atoms with Gasteiger partial charge in [0.05, 0.1) is 35.7 Å². The van der Waals surface area contributed by atoms with Crippen molar-refractivity contribution in [2.24, 2.45) is 35.0 Å². The number of hydrogen-bond donors (Lipinski definition) is 3. The summed E-state index contributed by atoms with van der Waals surface area (Å²) in [5, 5.41) is 25.6. The van der Waals surface area contributed by atoms with Gasteiger partial charge in [0.2, 0.25) is 5.91 Å². The number of carboxylic acid groups (broad SMARTS) is 1. The van der Waals surface area contributed by atoms with E-state index < -0.39 is 23.5 Å². The Labute approximate surface area is 245 Å². The van der Waals surface area contributed by atoms with Crippen LogP contribution in [-0.2, 0) is 9.59 Å². The molecule has 0 radical (unpaired) electrons. The summed E-state index contributed by atoms with van der Waals surface area (Å²) in [6.45, 7) is 1.74. The lowest BCUT2D eigenvalue weighted by atomic mass is 9.61. The maximum Gasteiger partial charge on any atom is 0.309 e. The van der Waals surface area contributed by atoms with Gasteiger partial charge >= 0.3 is 5.97 Å². The molecule has 4 bridgehead atoms. The molecule has 1 aromatic carbocycles. The predicted octanol–water partition coefficient (Wildman–Crippen LogP) is 4.38. The molecule has 10 heteroatoms. The number of nitriles is 1. The van der Waals surface area contributed by atoms with Gasteiger partial charge in [-0.2, -0.15) is 5.26 Å². The van der Waals surface area contributed by atoms with Crippen molar-refractivity contribution in [3.63, 3.8) is 0 Å². The van der Waals surface area contributed by atoms with E-state index in [2.05, 4.69) is 16.7 Å². The smallest absolute Gasteiger partial charge is 0.309 e. The third kappa shape index (κ3) is 5.09. The molecule has 0 heterocycles. The van der Waals surface area contributed by atoms with Crippen LogP contribution in [0.15, 0.2) is 12.1 Å². The molecule has 2 unspecified atom stereocenters. The quantitative estimate of drug-likeness (QED) is 0.414. The van der Waals surface area contributed by atoms with Crippen molar-refractivity contribution in [2.45, 2.75) is 95.5 Å². The zero-order chi connectivity index (χ0) is 29.8. The minimum Gasteiger partial charge on any atom is -0.496 e. The number of benzene rings is 1. The van der Waals surface area contributed by atoms with Crippen molar-refractivity contribution in [2.75, 3.05) is 7.11 Å². The number of carbonyl (C=O) groups is 3. The second kappa shape index (κ2) is 11.1. The Morgan fingerprint density at radius 2 is 1.67 bits per heavy atom. The van der Waals surface area contributed by atoms with Crippen LogP contribution in [0.2, 0.25) is 0 Å². The average Bonchev–Trinajstić information content (AvgIpc) is 3.55. The first-order chi connectivity index (χ1) is 20.1. The zero-order valence-corrected chi connectivity index (χ0v) is 24.2. The van der Waals surface area contributed by atoms with Crippen molar-refractivity contribution in [1.82, 2.24) is 10.6 Å². The van der Waals surface area contributed by atoms with E-state index in [0.29, 0.717) is 38.0 Å². The second-order valence-electron chi connectivity index (χ2n) is 13.6. The van der Waals surface area contributed by atoms with E-state index in [1.807, 2.05) is 0 Å². The van der Waals surface area contributed by atoms with E-state index in [0.717, 1.165) is 32.1 Å². The van der Waals surface area contributed by atoms with Crippen molar-refractivity contribution in [3.8, 4) is 17.6 Å². The van der Waals surface area contributed by atoms with Gasteiger partial charge in [0, 0.05) is 18.2 Å². The number of rotatable bonds is 8. The number of halogens is 1. The number of aliphatic carboxylic acids is 1. The first-order valence-corrected chi connectivity index (χ1v) is 15.4. The van der Waals surface area contributed by atoms with Crippen LogP contribution >= 0.6 is 0 Å². The number of nitrogens with one attached hydrogen (secondary N) is 2. The Bertz CT molecular complexity index is 1300. The summed E-state index contributed by atoms with van der Waals surface area (Å²) in [5.41, 5.74) is -0.353. The van der Waals surface area contributed by atoms with Gasteiger partial charge in [0.25, 0.3) is 5.91 Å². The maximum absolute atomic E-state index is 14.4. The zero-order valence-electron chi connectivity index (χ0n) is 24.2. The minimum atomic E-state index is -0.855. The third-order valence-electron chi connectivity index (χ3n) is 11.1. The van der Waals surface area contributed by atoms with Crippen molar-refractivity contribution in [3.05, 3.63) is 23.3 Å². The van der Waals surface area contributed by atoms with Gasteiger partial charge in [-0.15, -0.1) is 0 Å². The van der Waals surface area contributed by atoms with Crippen LogP contribution in [0.3, 0.4) is 0 Å². The van der Waals surface area contributed by atoms with Crippen molar-refractivity contribution >= 4 is 17.8 Å². The molecular weight excluding hydrogens is 541 g/mol. The summed E-state index contributed by atoms with van der Waals surface area (Å²) >= 11 is 0. The first kappa shape index (κ1) is 28.8. The topological polar surface area (TPSA) is 138 Å². The molecule has 2 amide bonds. The highest BCUT2D eigenvalue weighted by Crippen LogP contribution is 2.50. The molecule has 3 N–H and O–H groups in total. The van der Waals surface area contributed by atoms with Gasteiger partial charge in [-0.25, -0.2) is 4.39 Å². The number of amides is 2. The van der Waals surface area contributed by atoms with Gasteiger partial charge in [0.1, 0.15) is 23.7 Å². The fourth-order valence-electron chi connectivity index (χ4n) is 8.35. The molecule has 0 aromatic heterocycles. The highest BCUT2D eigenvalue weighted by Gasteiger charge is 2.53. The molecule has 1 aromatic rings. The van der Waals surface area contributed by atoms with E-state index in [4.69, 9.17) is 9.47 Å². The van der Waals surface area contributed by atoms with Crippen LogP contribution in [0.1, 0.15) is 87.1 Å². The standard InChI is InChI=1S/C32H40FN3O6/c1-32(31(39)40)7-5-21(6-8-32)42-25-13-22(26(41-2)12-20(25)15-34)29(37)36-28-17-4-3-16(9-17)27(28)30(38)35-24-14-23(33)18-10-19(24)11-18/h12-13,16-19,21,23-24,27-28H,3-11,14H2,1-2H3,(H,35,38)(H,36,37)(H,39,40)/t16-,17+,18?,19?,21?,23?,24?,27+,28-,32?/m1/s1. The normalized spacial score (nSPS) is 38.1. The fourth-order valence-corrected chi connectivity index (χ4v) is 8.35. The molecule has 0 saturated heterocycles. The van der Waals surface area contributed by atoms with E-state index in [1.54, 1.807) is 6.92 Å².